The number of carbonyl (C=O) groups is 1. The highest BCUT2D eigenvalue weighted by molar-refractivity contribution is 9.10. The Bertz CT molecular complexity index is 1140. The Hall–Kier alpha value is -1.99. The van der Waals surface area contributed by atoms with E-state index < -0.39 is 0 Å². The highest BCUT2D eigenvalue weighted by atomic mass is 79.9. The number of amides is 1. The lowest BCUT2D eigenvalue weighted by atomic mass is 10.2. The Morgan fingerprint density at radius 3 is 2.68 bits per heavy atom. The predicted octanol–water partition coefficient (Wildman–Crippen LogP) is 6.91. The second-order valence-electron chi connectivity index (χ2n) is 5.76. The van der Waals surface area contributed by atoms with Gasteiger partial charge in [-0.1, -0.05) is 35.3 Å². The van der Waals surface area contributed by atoms with Crippen molar-refractivity contribution in [3.8, 4) is 11.3 Å². The molecule has 0 atom stereocenters. The molecule has 2 heterocycles. The van der Waals surface area contributed by atoms with Gasteiger partial charge in [-0.2, -0.15) is 0 Å². The van der Waals surface area contributed by atoms with Gasteiger partial charge in [0.05, 0.1) is 20.6 Å². The third-order valence-electron chi connectivity index (χ3n) is 3.83. The molecule has 1 aromatic heterocycles. The summed E-state index contributed by atoms with van der Waals surface area (Å²) >= 11 is 16.7. The molecule has 8 heteroatoms. The molecular weight excluding hydrogens is 483 g/mol. The topological polar surface area (TPSA) is 54.6 Å². The van der Waals surface area contributed by atoms with E-state index in [1.54, 1.807) is 24.3 Å². The van der Waals surface area contributed by atoms with Gasteiger partial charge in [0.1, 0.15) is 11.5 Å². The number of nitrogens with zero attached hydrogens (tertiary/aromatic N) is 1. The zero-order valence-electron chi connectivity index (χ0n) is 14.1. The number of hydrogen-bond donors (Lipinski definition) is 1. The maximum absolute atomic E-state index is 12.3. The number of amidine groups is 1. The van der Waals surface area contributed by atoms with Crippen LogP contribution >= 0.6 is 50.9 Å². The average molecular weight is 494 g/mol. The molecule has 4 nitrogen and oxygen atoms in total. The predicted molar refractivity (Wildman–Crippen MR) is 119 cm³/mol. The van der Waals surface area contributed by atoms with E-state index in [2.05, 4.69) is 26.2 Å². The van der Waals surface area contributed by atoms with E-state index in [1.807, 2.05) is 36.4 Å². The van der Waals surface area contributed by atoms with Crippen molar-refractivity contribution in [1.29, 1.82) is 0 Å². The van der Waals surface area contributed by atoms with Crippen LogP contribution in [0.2, 0.25) is 10.0 Å². The number of furan rings is 1. The Labute approximate surface area is 183 Å². The van der Waals surface area contributed by atoms with Crippen molar-refractivity contribution < 1.29 is 9.21 Å². The Morgan fingerprint density at radius 1 is 1.07 bits per heavy atom. The molecule has 140 valence electrons. The fraction of sp³-hybridized carbons (Fsp3) is 0. The number of halogens is 3. The van der Waals surface area contributed by atoms with E-state index in [0.717, 1.165) is 15.7 Å². The van der Waals surface area contributed by atoms with Crippen LogP contribution in [0.4, 0.5) is 5.69 Å². The molecule has 3 aromatic rings. The summed E-state index contributed by atoms with van der Waals surface area (Å²) in [5, 5.41) is 4.21. The summed E-state index contributed by atoms with van der Waals surface area (Å²) in [5.74, 6) is 0.972. The van der Waals surface area contributed by atoms with Crippen molar-refractivity contribution in [2.75, 3.05) is 0 Å². The van der Waals surface area contributed by atoms with Gasteiger partial charge in [0, 0.05) is 16.1 Å². The number of thioether (sulfide) groups is 1. The maximum Gasteiger partial charge on any atom is 0.264 e. The third-order valence-corrected chi connectivity index (χ3v) is 6.15. The van der Waals surface area contributed by atoms with Crippen LogP contribution in [0.5, 0.6) is 0 Å². The minimum absolute atomic E-state index is 0.219. The van der Waals surface area contributed by atoms with E-state index >= 15 is 0 Å². The molecule has 0 saturated carbocycles. The second-order valence-corrected chi connectivity index (χ2v) is 8.46. The molecule has 1 N–H and O–H groups in total. The van der Waals surface area contributed by atoms with Gasteiger partial charge in [-0.3, -0.25) is 4.79 Å². The lowest BCUT2D eigenvalue weighted by Gasteiger charge is -1.99. The highest BCUT2D eigenvalue weighted by Gasteiger charge is 2.24. The van der Waals surface area contributed by atoms with Gasteiger partial charge in [-0.15, -0.1) is 0 Å². The van der Waals surface area contributed by atoms with Crippen LogP contribution in [-0.4, -0.2) is 11.1 Å². The Kier molecular flexibility index (Phi) is 5.64. The van der Waals surface area contributed by atoms with Crippen molar-refractivity contribution in [3.05, 3.63) is 79.8 Å². The number of benzene rings is 2. The normalized spacial score (nSPS) is 16.8. The number of para-hydroxylation sites is 1. The lowest BCUT2D eigenvalue weighted by Crippen LogP contribution is -2.19. The minimum atomic E-state index is -0.219. The van der Waals surface area contributed by atoms with E-state index in [1.165, 1.54) is 11.8 Å². The molecule has 1 aliphatic heterocycles. The number of carbonyl (C=O) groups excluding carboxylic acids is 1. The van der Waals surface area contributed by atoms with Gasteiger partial charge in [0.15, 0.2) is 5.17 Å². The van der Waals surface area contributed by atoms with Crippen LogP contribution < -0.4 is 5.32 Å². The van der Waals surface area contributed by atoms with Crippen molar-refractivity contribution in [1.82, 2.24) is 5.32 Å². The van der Waals surface area contributed by atoms with Crippen molar-refractivity contribution in [3.63, 3.8) is 0 Å². The summed E-state index contributed by atoms with van der Waals surface area (Å²) in [4.78, 5) is 17.2. The van der Waals surface area contributed by atoms with Gasteiger partial charge in [-0.25, -0.2) is 4.99 Å². The fourth-order valence-corrected chi connectivity index (χ4v) is 3.98. The lowest BCUT2D eigenvalue weighted by molar-refractivity contribution is -0.115. The first-order valence-corrected chi connectivity index (χ1v) is 10.5. The van der Waals surface area contributed by atoms with Crippen LogP contribution in [0.3, 0.4) is 0 Å². The number of nitrogens with one attached hydrogen (secondary N) is 1. The zero-order valence-corrected chi connectivity index (χ0v) is 18.0. The van der Waals surface area contributed by atoms with Crippen molar-refractivity contribution in [2.24, 2.45) is 4.99 Å². The van der Waals surface area contributed by atoms with Crippen LogP contribution in [-0.2, 0) is 4.79 Å². The first-order valence-electron chi connectivity index (χ1n) is 8.09. The van der Waals surface area contributed by atoms with E-state index in [-0.39, 0.29) is 5.91 Å². The fourth-order valence-electron chi connectivity index (χ4n) is 2.50. The summed E-state index contributed by atoms with van der Waals surface area (Å²) in [7, 11) is 0. The summed E-state index contributed by atoms with van der Waals surface area (Å²) in [6.07, 6.45) is 1.68. The molecule has 28 heavy (non-hydrogen) atoms. The van der Waals surface area contributed by atoms with Crippen LogP contribution in [0.15, 0.2) is 73.4 Å². The zero-order chi connectivity index (χ0) is 19.7. The van der Waals surface area contributed by atoms with Gasteiger partial charge in [0.2, 0.25) is 0 Å². The molecule has 1 fully saturated rings. The number of rotatable bonds is 3. The molecule has 2 aromatic carbocycles. The largest absolute Gasteiger partial charge is 0.457 e. The molecule has 0 aliphatic carbocycles. The summed E-state index contributed by atoms with van der Waals surface area (Å²) in [6.45, 7) is 0. The smallest absolute Gasteiger partial charge is 0.264 e. The number of aliphatic imine (C=N–C) groups is 1. The molecule has 1 amide bonds. The molecule has 0 spiro atoms. The summed E-state index contributed by atoms with van der Waals surface area (Å²) < 4.78 is 6.68. The molecule has 4 rings (SSSR count). The molecule has 0 radical (unpaired) electrons. The maximum atomic E-state index is 12.3. The standard InChI is InChI=1S/C20H11BrCl2N2O2S/c21-13-3-1-2-4-16(13)24-20-25-19(26)18(28-20)10-12-6-8-17(27-12)11-5-7-14(22)15(23)9-11/h1-10H,(H,24,25,26). The van der Waals surface area contributed by atoms with Crippen LogP contribution in [0.1, 0.15) is 5.76 Å². The monoisotopic (exact) mass is 492 g/mol. The van der Waals surface area contributed by atoms with Gasteiger partial charge in [-0.05, 0) is 70.2 Å². The Morgan fingerprint density at radius 2 is 1.89 bits per heavy atom. The second kappa shape index (κ2) is 8.17. The van der Waals surface area contributed by atoms with E-state index in [4.69, 9.17) is 27.6 Å². The van der Waals surface area contributed by atoms with Crippen LogP contribution in [0.25, 0.3) is 17.4 Å². The summed E-state index contributed by atoms with van der Waals surface area (Å²) in [5.41, 5.74) is 1.55. The highest BCUT2D eigenvalue weighted by Crippen LogP contribution is 2.33. The molecule has 0 unspecified atom stereocenters. The SMILES string of the molecule is O=C1NC(=Nc2ccccc2Br)SC1=Cc1ccc(-c2ccc(Cl)c(Cl)c2)o1. The van der Waals surface area contributed by atoms with E-state index in [9.17, 15) is 4.79 Å². The quantitative estimate of drug-likeness (QED) is 0.403. The van der Waals surface area contributed by atoms with E-state index in [0.29, 0.717) is 31.6 Å². The third kappa shape index (κ3) is 4.20. The average Bonchev–Trinajstić information content (AvgIpc) is 3.27. The van der Waals surface area contributed by atoms with Crippen LogP contribution in [0, 0.1) is 0 Å². The van der Waals surface area contributed by atoms with Crippen molar-refractivity contribution >= 4 is 73.7 Å². The first-order chi connectivity index (χ1) is 13.5. The Balaban J connectivity index is 1.56. The molecular formula is C20H11BrCl2N2O2S. The first kappa shape index (κ1) is 19.3. The van der Waals surface area contributed by atoms with Gasteiger partial charge in [0.25, 0.3) is 5.91 Å². The van der Waals surface area contributed by atoms with Gasteiger partial charge >= 0.3 is 0 Å². The summed E-state index contributed by atoms with van der Waals surface area (Å²) in [6, 6.07) is 16.4. The number of hydrogen-bond acceptors (Lipinski definition) is 4. The molecule has 1 saturated heterocycles. The van der Waals surface area contributed by atoms with Crippen molar-refractivity contribution in [2.45, 2.75) is 0 Å². The van der Waals surface area contributed by atoms with Gasteiger partial charge < -0.3 is 9.73 Å². The minimum Gasteiger partial charge on any atom is -0.457 e. The molecule has 0 bridgehead atoms. The molecule has 1 aliphatic rings.